The first kappa shape index (κ1) is 20.8. The predicted molar refractivity (Wildman–Crippen MR) is 121 cm³/mol. The standard InChI is InChI=1S/C25H17ClN2O5/c26-17-6-7-19-16(9-17)11-20(33-19)23(30)21-22(15-4-1-5-18(29)10-15)28(25(32)24(21)31)13-14-3-2-8-27-12-14/h1-12,22,29,31H,13H2. The number of fused-ring (bicyclic) bond motifs is 1. The SMILES string of the molecule is O=C(C1=C(O)C(=O)N(Cc2cccnc2)C1c1cccc(O)c1)c1cc2cc(Cl)ccc2o1. The molecule has 2 N–H and O–H groups in total. The number of ketones is 1. The Labute approximate surface area is 193 Å². The Bertz CT molecular complexity index is 1430. The average Bonchev–Trinajstić information content (AvgIpc) is 3.33. The number of nitrogens with zero attached hydrogens (tertiary/aromatic N) is 2. The van der Waals surface area contributed by atoms with E-state index >= 15 is 0 Å². The fourth-order valence-corrected chi connectivity index (χ4v) is 4.22. The topological polar surface area (TPSA) is 104 Å². The summed E-state index contributed by atoms with van der Waals surface area (Å²) in [6, 6.07) is 15.3. The fraction of sp³-hybridized carbons (Fsp3) is 0.0800. The number of carbonyl (C=O) groups is 2. The Hall–Kier alpha value is -4.10. The van der Waals surface area contributed by atoms with Gasteiger partial charge in [-0.2, -0.15) is 0 Å². The molecule has 1 atom stereocenters. The Balaban J connectivity index is 1.61. The van der Waals surface area contributed by atoms with E-state index in [1.165, 1.54) is 23.1 Å². The van der Waals surface area contributed by atoms with Gasteiger partial charge in [0.2, 0.25) is 5.78 Å². The molecule has 0 aliphatic carbocycles. The summed E-state index contributed by atoms with van der Waals surface area (Å²) in [6.07, 6.45) is 3.22. The van der Waals surface area contributed by atoms with Gasteiger partial charge in [0.15, 0.2) is 11.5 Å². The monoisotopic (exact) mass is 460 g/mol. The molecule has 164 valence electrons. The lowest BCUT2D eigenvalue weighted by Gasteiger charge is -2.26. The number of phenolic OH excluding ortho intramolecular Hbond substituents is 1. The first-order valence-corrected chi connectivity index (χ1v) is 10.5. The third-order valence-electron chi connectivity index (χ3n) is 5.51. The molecule has 1 aliphatic heterocycles. The molecule has 33 heavy (non-hydrogen) atoms. The molecule has 7 nitrogen and oxygen atoms in total. The first-order chi connectivity index (χ1) is 15.9. The lowest BCUT2D eigenvalue weighted by Crippen LogP contribution is -2.30. The summed E-state index contributed by atoms with van der Waals surface area (Å²) in [5.41, 5.74) is 1.52. The largest absolute Gasteiger partial charge is 0.508 e. The van der Waals surface area contributed by atoms with Crippen molar-refractivity contribution in [2.24, 2.45) is 0 Å². The van der Waals surface area contributed by atoms with E-state index in [1.807, 2.05) is 0 Å². The van der Waals surface area contributed by atoms with E-state index in [0.29, 0.717) is 21.6 Å². The molecule has 1 aliphatic rings. The maximum Gasteiger partial charge on any atom is 0.290 e. The predicted octanol–water partition coefficient (Wildman–Crippen LogP) is 4.97. The van der Waals surface area contributed by atoms with Crippen molar-refractivity contribution in [1.82, 2.24) is 9.88 Å². The van der Waals surface area contributed by atoms with Crippen molar-refractivity contribution < 1.29 is 24.2 Å². The van der Waals surface area contributed by atoms with Crippen LogP contribution in [0.1, 0.15) is 27.7 Å². The van der Waals surface area contributed by atoms with E-state index in [1.54, 1.807) is 54.9 Å². The zero-order valence-electron chi connectivity index (χ0n) is 17.1. The number of halogens is 1. The molecule has 0 bridgehead atoms. The van der Waals surface area contributed by atoms with E-state index < -0.39 is 23.5 Å². The minimum Gasteiger partial charge on any atom is -0.508 e. The quantitative estimate of drug-likeness (QED) is 0.408. The Morgan fingerprint density at radius 3 is 2.70 bits per heavy atom. The van der Waals surface area contributed by atoms with E-state index in [2.05, 4.69) is 4.98 Å². The lowest BCUT2D eigenvalue weighted by molar-refractivity contribution is -0.130. The van der Waals surface area contributed by atoms with Crippen LogP contribution in [0.5, 0.6) is 5.75 Å². The number of benzene rings is 2. The Morgan fingerprint density at radius 1 is 1.09 bits per heavy atom. The van der Waals surface area contributed by atoms with Crippen LogP contribution in [0, 0.1) is 0 Å². The van der Waals surface area contributed by atoms with E-state index in [4.69, 9.17) is 16.0 Å². The van der Waals surface area contributed by atoms with Gasteiger partial charge in [0.1, 0.15) is 11.3 Å². The number of aromatic hydroxyl groups is 1. The summed E-state index contributed by atoms with van der Waals surface area (Å²) < 4.78 is 5.70. The van der Waals surface area contributed by atoms with Crippen molar-refractivity contribution in [3.63, 3.8) is 0 Å². The molecular formula is C25H17ClN2O5. The zero-order chi connectivity index (χ0) is 23.1. The van der Waals surface area contributed by atoms with Crippen LogP contribution in [-0.4, -0.2) is 31.8 Å². The van der Waals surface area contributed by atoms with Crippen LogP contribution in [0.15, 0.2) is 88.8 Å². The summed E-state index contributed by atoms with van der Waals surface area (Å²) in [6.45, 7) is 0.101. The number of aromatic nitrogens is 1. The molecule has 1 amide bonds. The summed E-state index contributed by atoms with van der Waals surface area (Å²) >= 11 is 6.04. The molecule has 5 rings (SSSR count). The highest BCUT2D eigenvalue weighted by atomic mass is 35.5. The van der Waals surface area contributed by atoms with Crippen LogP contribution in [0.4, 0.5) is 0 Å². The maximum atomic E-state index is 13.5. The van der Waals surface area contributed by atoms with Gasteiger partial charge < -0.3 is 19.5 Å². The number of hydrogen-bond donors (Lipinski definition) is 2. The van der Waals surface area contributed by atoms with Gasteiger partial charge in [-0.15, -0.1) is 0 Å². The molecular weight excluding hydrogens is 444 g/mol. The Kier molecular flexibility index (Phi) is 5.11. The molecule has 0 fully saturated rings. The van der Waals surface area contributed by atoms with Crippen LogP contribution in [0.3, 0.4) is 0 Å². The number of rotatable bonds is 5. The minimum absolute atomic E-state index is 0.0298. The highest BCUT2D eigenvalue weighted by Crippen LogP contribution is 2.41. The van der Waals surface area contributed by atoms with Gasteiger partial charge in [0, 0.05) is 29.3 Å². The van der Waals surface area contributed by atoms with Crippen LogP contribution >= 0.6 is 11.6 Å². The van der Waals surface area contributed by atoms with Gasteiger partial charge >= 0.3 is 0 Å². The minimum atomic E-state index is -0.936. The maximum absolute atomic E-state index is 13.5. The second-order valence-electron chi connectivity index (χ2n) is 7.68. The smallest absolute Gasteiger partial charge is 0.290 e. The number of carbonyl (C=O) groups excluding carboxylic acids is 2. The molecule has 0 spiro atoms. The van der Waals surface area contributed by atoms with Crippen molar-refractivity contribution in [3.05, 3.63) is 106 Å². The Morgan fingerprint density at radius 2 is 1.94 bits per heavy atom. The molecule has 8 heteroatoms. The molecule has 1 unspecified atom stereocenters. The van der Waals surface area contributed by atoms with Crippen LogP contribution in [0.25, 0.3) is 11.0 Å². The first-order valence-electron chi connectivity index (χ1n) is 10.1. The highest BCUT2D eigenvalue weighted by Gasteiger charge is 2.44. The van der Waals surface area contributed by atoms with Crippen LogP contribution in [0.2, 0.25) is 5.02 Å². The molecule has 0 saturated heterocycles. The number of furan rings is 1. The molecule has 2 aromatic heterocycles. The van der Waals surface area contributed by atoms with Crippen LogP contribution in [-0.2, 0) is 11.3 Å². The van der Waals surface area contributed by atoms with Gasteiger partial charge in [0.05, 0.1) is 11.6 Å². The molecule has 2 aromatic carbocycles. The number of pyridine rings is 1. The van der Waals surface area contributed by atoms with Gasteiger partial charge in [-0.05, 0) is 53.6 Å². The number of Topliss-reactive ketones (excluding diaryl/α,β-unsaturated/α-hetero) is 1. The van der Waals surface area contributed by atoms with E-state index in [0.717, 1.165) is 5.56 Å². The van der Waals surface area contributed by atoms with Gasteiger partial charge in [-0.1, -0.05) is 29.8 Å². The molecule has 0 saturated carbocycles. The second kappa shape index (κ2) is 8.11. The summed E-state index contributed by atoms with van der Waals surface area (Å²) in [4.78, 5) is 32.0. The summed E-state index contributed by atoms with van der Waals surface area (Å²) in [5, 5.41) is 21.9. The van der Waals surface area contributed by atoms with Gasteiger partial charge in [0.25, 0.3) is 5.91 Å². The summed E-state index contributed by atoms with van der Waals surface area (Å²) in [7, 11) is 0. The molecule has 4 aromatic rings. The van der Waals surface area contributed by atoms with E-state index in [-0.39, 0.29) is 23.6 Å². The van der Waals surface area contributed by atoms with Crippen molar-refractivity contribution in [2.75, 3.05) is 0 Å². The fourth-order valence-electron chi connectivity index (χ4n) is 4.04. The van der Waals surface area contributed by atoms with Crippen LogP contribution < -0.4 is 0 Å². The van der Waals surface area contributed by atoms with Crippen molar-refractivity contribution in [3.8, 4) is 5.75 Å². The number of aliphatic hydroxyl groups excluding tert-OH is 1. The number of aliphatic hydroxyl groups is 1. The van der Waals surface area contributed by atoms with E-state index in [9.17, 15) is 19.8 Å². The van der Waals surface area contributed by atoms with Gasteiger partial charge in [-0.25, -0.2) is 0 Å². The zero-order valence-corrected chi connectivity index (χ0v) is 17.9. The van der Waals surface area contributed by atoms with Crippen molar-refractivity contribution in [1.29, 1.82) is 0 Å². The lowest BCUT2D eigenvalue weighted by atomic mass is 9.94. The molecule has 3 heterocycles. The number of amides is 1. The number of phenols is 1. The summed E-state index contributed by atoms with van der Waals surface area (Å²) in [5.74, 6) is -2.05. The highest BCUT2D eigenvalue weighted by molar-refractivity contribution is 6.31. The third kappa shape index (κ3) is 3.72. The van der Waals surface area contributed by atoms with Crippen molar-refractivity contribution >= 4 is 34.3 Å². The third-order valence-corrected chi connectivity index (χ3v) is 5.75. The second-order valence-corrected chi connectivity index (χ2v) is 8.11. The molecule has 0 radical (unpaired) electrons. The normalized spacial score (nSPS) is 16.1. The number of hydrogen-bond acceptors (Lipinski definition) is 6. The van der Waals surface area contributed by atoms with Crippen molar-refractivity contribution in [2.45, 2.75) is 12.6 Å². The van der Waals surface area contributed by atoms with Gasteiger partial charge in [-0.3, -0.25) is 14.6 Å². The average molecular weight is 461 g/mol.